The average molecular weight is 315 g/mol. The lowest BCUT2D eigenvalue weighted by molar-refractivity contribution is -0.119. The van der Waals surface area contributed by atoms with Crippen LogP contribution in [0.1, 0.15) is 91.9 Å². The minimum atomic E-state index is 0.231. The lowest BCUT2D eigenvalue weighted by Crippen LogP contribution is -2.14. The van der Waals surface area contributed by atoms with Gasteiger partial charge in [0.25, 0.3) is 0 Å². The van der Waals surface area contributed by atoms with Crippen LogP contribution in [-0.4, -0.2) is 29.2 Å². The van der Waals surface area contributed by atoms with Crippen LogP contribution < -0.4 is 0 Å². The van der Waals surface area contributed by atoms with Crippen molar-refractivity contribution < 1.29 is 15.0 Å². The second-order valence-corrected chi connectivity index (χ2v) is 8.23. The Morgan fingerprint density at radius 2 is 1.00 bits per heavy atom. The molecule has 3 nitrogen and oxygen atoms in total. The van der Waals surface area contributed by atoms with Gasteiger partial charge in [-0.2, -0.15) is 0 Å². The van der Waals surface area contributed by atoms with Gasteiger partial charge in [0, 0.05) is 26.1 Å². The molecule has 0 aliphatic rings. The zero-order valence-electron chi connectivity index (χ0n) is 15.3. The van der Waals surface area contributed by atoms with Crippen LogP contribution in [0.5, 0.6) is 0 Å². The van der Waals surface area contributed by atoms with E-state index in [-0.39, 0.29) is 24.0 Å². The molecular weight excluding hydrogens is 276 g/mol. The third-order valence-electron chi connectivity index (χ3n) is 4.64. The summed E-state index contributed by atoms with van der Waals surface area (Å²) in [6.07, 6.45) is 9.18. The monoisotopic (exact) mass is 314 g/mol. The van der Waals surface area contributed by atoms with E-state index in [9.17, 15) is 4.79 Å². The van der Waals surface area contributed by atoms with Crippen molar-refractivity contribution in [2.24, 2.45) is 10.8 Å². The molecule has 0 saturated carbocycles. The molecule has 0 bridgehead atoms. The molecule has 0 atom stereocenters. The Labute approximate surface area is 137 Å². The minimum absolute atomic E-state index is 0.231. The molecule has 3 heteroatoms. The standard InChI is InChI=1S/C19H38O3/c1-18(2,13-7-15-20)11-5-9-17(22)10-6-12-19(3,4)14-8-16-21/h20-21H,5-16H2,1-4H3. The summed E-state index contributed by atoms with van der Waals surface area (Å²) in [5.74, 6) is 0.385. The molecule has 0 aromatic carbocycles. The smallest absolute Gasteiger partial charge is 0.132 e. The first-order chi connectivity index (χ1) is 10.2. The van der Waals surface area contributed by atoms with E-state index < -0.39 is 0 Å². The Balaban J connectivity index is 3.78. The van der Waals surface area contributed by atoms with Gasteiger partial charge >= 0.3 is 0 Å². The number of carbonyl (C=O) groups is 1. The first kappa shape index (κ1) is 21.6. The van der Waals surface area contributed by atoms with Crippen molar-refractivity contribution in [2.75, 3.05) is 13.2 Å². The summed E-state index contributed by atoms with van der Waals surface area (Å²) in [5.41, 5.74) is 0.463. The van der Waals surface area contributed by atoms with E-state index in [4.69, 9.17) is 10.2 Å². The molecule has 0 aliphatic carbocycles. The summed E-state index contributed by atoms with van der Waals surface area (Å²) < 4.78 is 0. The number of hydrogen-bond donors (Lipinski definition) is 2. The Morgan fingerprint density at radius 1 is 0.682 bits per heavy atom. The quantitative estimate of drug-likeness (QED) is 0.496. The van der Waals surface area contributed by atoms with Crippen LogP contribution in [0.2, 0.25) is 0 Å². The number of rotatable bonds is 14. The number of ketones is 1. The lowest BCUT2D eigenvalue weighted by Gasteiger charge is -2.24. The Kier molecular flexibility index (Phi) is 11.0. The number of carbonyl (C=O) groups excluding carboxylic acids is 1. The van der Waals surface area contributed by atoms with E-state index in [0.717, 1.165) is 51.4 Å². The van der Waals surface area contributed by atoms with Gasteiger partial charge in [0.05, 0.1) is 0 Å². The highest BCUT2D eigenvalue weighted by Crippen LogP contribution is 2.30. The molecule has 0 unspecified atom stereocenters. The van der Waals surface area contributed by atoms with Crippen molar-refractivity contribution in [3.63, 3.8) is 0 Å². The molecule has 0 fully saturated rings. The van der Waals surface area contributed by atoms with Crippen LogP contribution in [0.15, 0.2) is 0 Å². The lowest BCUT2D eigenvalue weighted by atomic mass is 9.81. The highest BCUT2D eigenvalue weighted by Gasteiger charge is 2.19. The fourth-order valence-corrected chi connectivity index (χ4v) is 3.02. The summed E-state index contributed by atoms with van der Waals surface area (Å²) in [6.45, 7) is 9.39. The van der Waals surface area contributed by atoms with Crippen LogP contribution in [-0.2, 0) is 4.79 Å². The SMILES string of the molecule is CC(C)(CCCO)CCCC(=O)CCCC(C)(C)CCCO. The van der Waals surface area contributed by atoms with Crippen molar-refractivity contribution in [1.82, 2.24) is 0 Å². The maximum absolute atomic E-state index is 12.0. The van der Waals surface area contributed by atoms with Crippen LogP contribution in [0, 0.1) is 10.8 Å². The maximum Gasteiger partial charge on any atom is 0.132 e. The van der Waals surface area contributed by atoms with E-state index in [0.29, 0.717) is 18.6 Å². The van der Waals surface area contributed by atoms with Crippen molar-refractivity contribution in [3.05, 3.63) is 0 Å². The second kappa shape index (κ2) is 11.2. The summed E-state index contributed by atoms with van der Waals surface area (Å²) in [7, 11) is 0. The van der Waals surface area contributed by atoms with Gasteiger partial charge in [-0.3, -0.25) is 4.79 Å². The van der Waals surface area contributed by atoms with Gasteiger partial charge in [-0.1, -0.05) is 27.7 Å². The van der Waals surface area contributed by atoms with Gasteiger partial charge in [0.15, 0.2) is 0 Å². The van der Waals surface area contributed by atoms with Crippen LogP contribution in [0.4, 0.5) is 0 Å². The first-order valence-corrected chi connectivity index (χ1v) is 8.96. The van der Waals surface area contributed by atoms with Gasteiger partial charge in [-0.05, 0) is 62.2 Å². The molecule has 0 rings (SSSR count). The van der Waals surface area contributed by atoms with Crippen LogP contribution in [0.25, 0.3) is 0 Å². The number of aliphatic hydroxyl groups is 2. The normalized spacial score (nSPS) is 12.6. The maximum atomic E-state index is 12.0. The minimum Gasteiger partial charge on any atom is -0.396 e. The molecular formula is C19H38O3. The first-order valence-electron chi connectivity index (χ1n) is 8.96. The van der Waals surface area contributed by atoms with Gasteiger partial charge in [-0.15, -0.1) is 0 Å². The molecule has 132 valence electrons. The van der Waals surface area contributed by atoms with E-state index in [1.807, 2.05) is 0 Å². The Hall–Kier alpha value is -0.410. The fraction of sp³-hybridized carbons (Fsp3) is 0.947. The molecule has 0 heterocycles. The van der Waals surface area contributed by atoms with Crippen molar-refractivity contribution >= 4 is 5.78 Å². The predicted molar refractivity (Wildman–Crippen MR) is 92.9 cm³/mol. The fourth-order valence-electron chi connectivity index (χ4n) is 3.02. The van der Waals surface area contributed by atoms with Crippen LogP contribution >= 0.6 is 0 Å². The summed E-state index contributed by atoms with van der Waals surface area (Å²) in [6, 6.07) is 0. The van der Waals surface area contributed by atoms with Crippen molar-refractivity contribution in [2.45, 2.75) is 91.9 Å². The van der Waals surface area contributed by atoms with Gasteiger partial charge in [0.2, 0.25) is 0 Å². The second-order valence-electron chi connectivity index (χ2n) is 8.23. The molecule has 22 heavy (non-hydrogen) atoms. The molecule has 0 spiro atoms. The van der Waals surface area contributed by atoms with Gasteiger partial charge in [-0.25, -0.2) is 0 Å². The summed E-state index contributed by atoms with van der Waals surface area (Å²) in [5, 5.41) is 17.8. The molecule has 0 aromatic heterocycles. The number of hydrogen-bond acceptors (Lipinski definition) is 3. The molecule has 0 aliphatic heterocycles. The topological polar surface area (TPSA) is 57.5 Å². The Morgan fingerprint density at radius 3 is 1.32 bits per heavy atom. The van der Waals surface area contributed by atoms with Crippen molar-refractivity contribution in [3.8, 4) is 0 Å². The molecule has 0 aromatic rings. The molecule has 0 saturated heterocycles. The summed E-state index contributed by atoms with van der Waals surface area (Å²) >= 11 is 0. The molecule has 0 amide bonds. The highest BCUT2D eigenvalue weighted by molar-refractivity contribution is 5.78. The Bertz CT molecular complexity index is 267. The average Bonchev–Trinajstić information content (AvgIpc) is 2.42. The third-order valence-corrected chi connectivity index (χ3v) is 4.64. The van der Waals surface area contributed by atoms with Gasteiger partial charge in [0.1, 0.15) is 5.78 Å². The zero-order valence-corrected chi connectivity index (χ0v) is 15.3. The van der Waals surface area contributed by atoms with Crippen molar-refractivity contribution in [1.29, 1.82) is 0 Å². The van der Waals surface area contributed by atoms with Gasteiger partial charge < -0.3 is 10.2 Å². The zero-order chi connectivity index (χ0) is 17.1. The number of aliphatic hydroxyl groups excluding tert-OH is 2. The van der Waals surface area contributed by atoms with E-state index in [1.165, 1.54) is 0 Å². The largest absolute Gasteiger partial charge is 0.396 e. The highest BCUT2D eigenvalue weighted by atomic mass is 16.3. The number of Topliss-reactive ketones (excluding diaryl/α,β-unsaturated/α-hetero) is 1. The third kappa shape index (κ3) is 12.2. The van der Waals surface area contributed by atoms with E-state index in [2.05, 4.69) is 27.7 Å². The van der Waals surface area contributed by atoms with E-state index in [1.54, 1.807) is 0 Å². The molecule has 2 N–H and O–H groups in total. The van der Waals surface area contributed by atoms with E-state index >= 15 is 0 Å². The van der Waals surface area contributed by atoms with Crippen LogP contribution in [0.3, 0.4) is 0 Å². The molecule has 0 radical (unpaired) electrons. The summed E-state index contributed by atoms with van der Waals surface area (Å²) in [4.78, 5) is 12.0. The predicted octanol–water partition coefficient (Wildman–Crippen LogP) is 4.49.